The van der Waals surface area contributed by atoms with E-state index < -0.39 is 32.2 Å². The second kappa shape index (κ2) is 5.33. The molecule has 0 saturated heterocycles. The molecule has 21 heavy (non-hydrogen) atoms. The molecule has 0 aliphatic carbocycles. The first-order chi connectivity index (χ1) is 9.70. The van der Waals surface area contributed by atoms with E-state index in [9.17, 15) is 17.2 Å². The minimum Gasteiger partial charge on any atom is -0.396 e. The lowest BCUT2D eigenvalue weighted by atomic mass is 10.1. The predicted molar refractivity (Wildman–Crippen MR) is 77.5 cm³/mol. The fourth-order valence-electron chi connectivity index (χ4n) is 1.77. The van der Waals surface area contributed by atoms with E-state index in [0.717, 1.165) is 17.2 Å². The molecule has 4 nitrogen and oxygen atoms in total. The molecular formula is C14H14F2N2O2S. The molecule has 2 rings (SSSR count). The zero-order valence-corrected chi connectivity index (χ0v) is 12.3. The van der Waals surface area contributed by atoms with Crippen LogP contribution in [0.3, 0.4) is 0 Å². The summed E-state index contributed by atoms with van der Waals surface area (Å²) in [5.74, 6) is -2.20. The Morgan fingerprint density at radius 2 is 1.67 bits per heavy atom. The van der Waals surface area contributed by atoms with Gasteiger partial charge in [-0.1, -0.05) is 6.07 Å². The van der Waals surface area contributed by atoms with Gasteiger partial charge in [-0.15, -0.1) is 0 Å². The summed E-state index contributed by atoms with van der Waals surface area (Å²) in [6.45, 7) is 3.71. The van der Waals surface area contributed by atoms with Crippen LogP contribution in [0.25, 0.3) is 0 Å². The summed E-state index contributed by atoms with van der Waals surface area (Å²) in [4.78, 5) is -0.695. The molecule has 0 unspecified atom stereocenters. The molecule has 2 aromatic rings. The first-order valence-corrected chi connectivity index (χ1v) is 7.53. The number of hydrogen-bond acceptors (Lipinski definition) is 3. The predicted octanol–water partition coefficient (Wildman–Crippen LogP) is 2.96. The Morgan fingerprint density at radius 1 is 1.00 bits per heavy atom. The smallest absolute Gasteiger partial charge is 0.264 e. The van der Waals surface area contributed by atoms with Crippen LogP contribution in [-0.4, -0.2) is 8.42 Å². The number of sulfonamides is 1. The summed E-state index contributed by atoms with van der Waals surface area (Å²) in [7, 11) is -4.18. The molecule has 3 N–H and O–H groups in total. The van der Waals surface area contributed by atoms with Crippen LogP contribution in [0, 0.1) is 25.5 Å². The van der Waals surface area contributed by atoms with Crippen LogP contribution in [0.2, 0.25) is 0 Å². The van der Waals surface area contributed by atoms with Gasteiger partial charge in [-0.25, -0.2) is 17.2 Å². The topological polar surface area (TPSA) is 72.2 Å². The van der Waals surface area contributed by atoms with Crippen molar-refractivity contribution >= 4 is 21.4 Å². The minimum atomic E-state index is -4.18. The van der Waals surface area contributed by atoms with Crippen LogP contribution >= 0.6 is 0 Å². The summed E-state index contributed by atoms with van der Waals surface area (Å²) < 4.78 is 53.3. The van der Waals surface area contributed by atoms with Gasteiger partial charge in [-0.05, 0) is 43.2 Å². The first-order valence-electron chi connectivity index (χ1n) is 6.05. The van der Waals surface area contributed by atoms with Crippen LogP contribution in [-0.2, 0) is 10.0 Å². The Bertz CT molecular complexity index is 805. The Kier molecular flexibility index (Phi) is 3.87. The Balaban J connectivity index is 2.43. The van der Waals surface area contributed by atoms with Crippen molar-refractivity contribution in [1.82, 2.24) is 0 Å². The molecule has 0 fully saturated rings. The number of halogens is 2. The lowest BCUT2D eigenvalue weighted by Gasteiger charge is -2.11. The first kappa shape index (κ1) is 15.2. The van der Waals surface area contributed by atoms with E-state index in [1.165, 1.54) is 0 Å². The monoisotopic (exact) mass is 312 g/mol. The SMILES string of the molecule is Cc1ccc(NS(=O)(=O)c2cc(N)c(F)cc2F)cc1C. The maximum Gasteiger partial charge on any atom is 0.264 e. The number of hydrogen-bond donors (Lipinski definition) is 2. The Hall–Kier alpha value is -2.15. The molecule has 0 aromatic heterocycles. The van der Waals surface area contributed by atoms with Crippen LogP contribution in [0.5, 0.6) is 0 Å². The van der Waals surface area contributed by atoms with E-state index in [-0.39, 0.29) is 0 Å². The number of nitrogens with one attached hydrogen (secondary N) is 1. The van der Waals surface area contributed by atoms with Gasteiger partial charge in [0.25, 0.3) is 10.0 Å². The molecule has 0 saturated carbocycles. The summed E-state index contributed by atoms with van der Waals surface area (Å²) in [6, 6.07) is 6.13. The van der Waals surface area contributed by atoms with E-state index in [4.69, 9.17) is 5.73 Å². The van der Waals surface area contributed by atoms with Crippen LogP contribution in [0.1, 0.15) is 11.1 Å². The quantitative estimate of drug-likeness (QED) is 0.856. The summed E-state index contributed by atoms with van der Waals surface area (Å²) in [5.41, 5.74) is 7.03. The highest BCUT2D eigenvalue weighted by Gasteiger charge is 2.21. The summed E-state index contributed by atoms with van der Waals surface area (Å²) >= 11 is 0. The minimum absolute atomic E-state index is 0.292. The molecule has 0 radical (unpaired) electrons. The molecule has 0 aliphatic rings. The highest BCUT2D eigenvalue weighted by atomic mass is 32.2. The van der Waals surface area contributed by atoms with E-state index in [1.807, 2.05) is 13.8 Å². The molecule has 0 heterocycles. The third kappa shape index (κ3) is 3.13. The fraction of sp³-hybridized carbons (Fsp3) is 0.143. The van der Waals surface area contributed by atoms with Gasteiger partial charge in [0.15, 0.2) is 0 Å². The van der Waals surface area contributed by atoms with Crippen molar-refractivity contribution in [2.24, 2.45) is 0 Å². The van der Waals surface area contributed by atoms with E-state index in [1.54, 1.807) is 18.2 Å². The number of rotatable bonds is 3. The zero-order chi connectivity index (χ0) is 15.8. The number of aryl methyl sites for hydroxylation is 2. The van der Waals surface area contributed by atoms with Crippen molar-refractivity contribution in [3.63, 3.8) is 0 Å². The lowest BCUT2D eigenvalue weighted by Crippen LogP contribution is -2.15. The van der Waals surface area contributed by atoms with Crippen LogP contribution in [0.15, 0.2) is 35.2 Å². The van der Waals surface area contributed by atoms with E-state index in [2.05, 4.69) is 4.72 Å². The highest BCUT2D eigenvalue weighted by Crippen LogP contribution is 2.24. The molecule has 0 atom stereocenters. The van der Waals surface area contributed by atoms with Crippen molar-refractivity contribution in [2.75, 3.05) is 10.5 Å². The van der Waals surface area contributed by atoms with E-state index >= 15 is 0 Å². The van der Waals surface area contributed by atoms with E-state index in [0.29, 0.717) is 11.8 Å². The number of anilines is 2. The number of benzene rings is 2. The Morgan fingerprint density at radius 3 is 2.29 bits per heavy atom. The van der Waals surface area contributed by atoms with Gasteiger partial charge in [-0.2, -0.15) is 0 Å². The molecule has 0 spiro atoms. The van der Waals surface area contributed by atoms with Crippen molar-refractivity contribution in [3.05, 3.63) is 53.1 Å². The van der Waals surface area contributed by atoms with Crippen LogP contribution in [0.4, 0.5) is 20.2 Å². The summed E-state index contributed by atoms with van der Waals surface area (Å²) in [5, 5.41) is 0. The molecular weight excluding hydrogens is 298 g/mol. The average Bonchev–Trinajstić information content (AvgIpc) is 2.37. The van der Waals surface area contributed by atoms with Gasteiger partial charge in [0, 0.05) is 11.8 Å². The van der Waals surface area contributed by atoms with Gasteiger partial charge < -0.3 is 5.73 Å². The molecule has 7 heteroatoms. The molecule has 0 aliphatic heterocycles. The third-order valence-corrected chi connectivity index (χ3v) is 4.50. The second-order valence-electron chi connectivity index (χ2n) is 4.71. The zero-order valence-electron chi connectivity index (χ0n) is 11.4. The Labute approximate surface area is 121 Å². The maximum atomic E-state index is 13.7. The van der Waals surface area contributed by atoms with Gasteiger partial charge >= 0.3 is 0 Å². The maximum absolute atomic E-state index is 13.7. The van der Waals surface area contributed by atoms with Crippen molar-refractivity contribution in [3.8, 4) is 0 Å². The highest BCUT2D eigenvalue weighted by molar-refractivity contribution is 7.92. The number of nitrogen functional groups attached to an aromatic ring is 1. The third-order valence-electron chi connectivity index (χ3n) is 3.10. The largest absolute Gasteiger partial charge is 0.396 e. The second-order valence-corrected chi connectivity index (χ2v) is 6.36. The van der Waals surface area contributed by atoms with Gasteiger partial charge in [0.05, 0.1) is 5.69 Å². The van der Waals surface area contributed by atoms with Gasteiger partial charge in [-0.3, -0.25) is 4.72 Å². The fourth-order valence-corrected chi connectivity index (χ4v) is 2.91. The molecule has 0 amide bonds. The standard InChI is InChI=1S/C14H14F2N2O2S/c1-8-3-4-10(5-9(8)2)18-21(19,20)14-7-13(17)11(15)6-12(14)16/h3-7,18H,17H2,1-2H3. The van der Waals surface area contributed by atoms with Crippen molar-refractivity contribution in [2.45, 2.75) is 18.7 Å². The van der Waals surface area contributed by atoms with Crippen molar-refractivity contribution in [1.29, 1.82) is 0 Å². The lowest BCUT2D eigenvalue weighted by molar-refractivity contribution is 0.553. The molecule has 112 valence electrons. The normalized spacial score (nSPS) is 11.4. The van der Waals surface area contributed by atoms with Gasteiger partial charge in [0.1, 0.15) is 16.5 Å². The molecule has 0 bridgehead atoms. The van der Waals surface area contributed by atoms with Crippen LogP contribution < -0.4 is 10.5 Å². The average molecular weight is 312 g/mol. The number of nitrogens with two attached hydrogens (primary N) is 1. The summed E-state index contributed by atoms with van der Waals surface area (Å²) in [6.07, 6.45) is 0. The molecule has 2 aromatic carbocycles. The van der Waals surface area contributed by atoms with Gasteiger partial charge in [0.2, 0.25) is 0 Å². The van der Waals surface area contributed by atoms with Crippen molar-refractivity contribution < 1.29 is 17.2 Å².